The molecule has 0 spiro atoms. The molecule has 1 rings (SSSR count). The van der Waals surface area contributed by atoms with Gasteiger partial charge in [0.05, 0.1) is 11.7 Å². The Morgan fingerprint density at radius 2 is 2.07 bits per heavy atom. The molecule has 0 radical (unpaired) electrons. The van der Waals surface area contributed by atoms with Crippen molar-refractivity contribution in [3.63, 3.8) is 0 Å². The molecule has 0 aromatic carbocycles. The summed E-state index contributed by atoms with van der Waals surface area (Å²) in [4.78, 5) is 0. The fraction of sp³-hybridized carbons (Fsp3) is 1.00. The van der Waals surface area contributed by atoms with Crippen molar-refractivity contribution in [1.29, 1.82) is 0 Å². The van der Waals surface area contributed by atoms with Crippen molar-refractivity contribution in [2.75, 3.05) is 6.54 Å². The fourth-order valence-corrected chi connectivity index (χ4v) is 2.48. The van der Waals surface area contributed by atoms with E-state index in [4.69, 9.17) is 0 Å². The number of hydrogen-bond donors (Lipinski definition) is 3. The zero-order chi connectivity index (χ0) is 11.5. The summed E-state index contributed by atoms with van der Waals surface area (Å²) < 4.78 is 0. The van der Waals surface area contributed by atoms with E-state index in [1.54, 1.807) is 0 Å². The zero-order valence-electron chi connectivity index (χ0n) is 10.2. The molecular formula is C12H25NO2. The molecule has 1 unspecified atom stereocenters. The first-order valence-electron chi connectivity index (χ1n) is 6.04. The molecular weight excluding hydrogens is 190 g/mol. The summed E-state index contributed by atoms with van der Waals surface area (Å²) in [5.41, 5.74) is -0.656. The molecule has 3 nitrogen and oxygen atoms in total. The summed E-state index contributed by atoms with van der Waals surface area (Å²) in [6.45, 7) is 6.66. The van der Waals surface area contributed by atoms with Gasteiger partial charge in [0.2, 0.25) is 0 Å². The van der Waals surface area contributed by atoms with Crippen LogP contribution in [0.1, 0.15) is 46.5 Å². The van der Waals surface area contributed by atoms with Gasteiger partial charge in [0.25, 0.3) is 0 Å². The van der Waals surface area contributed by atoms with E-state index in [0.29, 0.717) is 12.5 Å². The highest BCUT2D eigenvalue weighted by Gasteiger charge is 2.28. The van der Waals surface area contributed by atoms with Gasteiger partial charge >= 0.3 is 0 Å². The standard InChI is InChI=1S/C12H25NO2/c1-9(2)7-12(3,15)8-13-10-5-4-6-11(10)14/h9-11,13-15H,4-8H2,1-3H3/t10-,11-,12?/m0/s1. The van der Waals surface area contributed by atoms with Crippen molar-refractivity contribution in [1.82, 2.24) is 5.32 Å². The van der Waals surface area contributed by atoms with Crippen LogP contribution in [0.3, 0.4) is 0 Å². The van der Waals surface area contributed by atoms with Crippen molar-refractivity contribution < 1.29 is 10.2 Å². The van der Waals surface area contributed by atoms with Crippen LogP contribution in [0, 0.1) is 5.92 Å². The van der Waals surface area contributed by atoms with Crippen LogP contribution < -0.4 is 5.32 Å². The molecule has 3 heteroatoms. The van der Waals surface area contributed by atoms with E-state index < -0.39 is 5.60 Å². The molecule has 1 aliphatic rings. The largest absolute Gasteiger partial charge is 0.392 e. The smallest absolute Gasteiger partial charge is 0.0746 e. The summed E-state index contributed by atoms with van der Waals surface area (Å²) in [5.74, 6) is 0.496. The second-order valence-corrected chi connectivity index (χ2v) is 5.58. The number of nitrogens with one attached hydrogen (secondary N) is 1. The van der Waals surface area contributed by atoms with Crippen LogP contribution >= 0.6 is 0 Å². The van der Waals surface area contributed by atoms with Crippen molar-refractivity contribution >= 4 is 0 Å². The Hall–Kier alpha value is -0.120. The Labute approximate surface area is 92.9 Å². The third-order valence-corrected chi connectivity index (χ3v) is 3.07. The average molecular weight is 215 g/mol. The lowest BCUT2D eigenvalue weighted by molar-refractivity contribution is 0.0305. The predicted molar refractivity (Wildman–Crippen MR) is 61.7 cm³/mol. The predicted octanol–water partition coefficient (Wildman–Crippen LogP) is 1.29. The van der Waals surface area contributed by atoms with E-state index in [1.165, 1.54) is 0 Å². The van der Waals surface area contributed by atoms with Crippen molar-refractivity contribution in [2.24, 2.45) is 5.92 Å². The van der Waals surface area contributed by atoms with Gasteiger partial charge < -0.3 is 15.5 Å². The molecule has 0 bridgehead atoms. The quantitative estimate of drug-likeness (QED) is 0.647. The van der Waals surface area contributed by atoms with Gasteiger partial charge in [0, 0.05) is 12.6 Å². The number of hydrogen-bond acceptors (Lipinski definition) is 3. The third kappa shape index (κ3) is 4.49. The maximum atomic E-state index is 10.1. The minimum absolute atomic E-state index is 0.184. The molecule has 90 valence electrons. The fourth-order valence-electron chi connectivity index (χ4n) is 2.48. The summed E-state index contributed by atoms with van der Waals surface area (Å²) >= 11 is 0. The van der Waals surface area contributed by atoms with Crippen LogP contribution in [0.4, 0.5) is 0 Å². The number of aliphatic hydroxyl groups is 2. The first-order chi connectivity index (χ1) is 6.91. The lowest BCUT2D eigenvalue weighted by Crippen LogP contribution is -2.45. The van der Waals surface area contributed by atoms with E-state index in [1.807, 2.05) is 6.92 Å². The highest BCUT2D eigenvalue weighted by molar-refractivity contribution is 4.86. The second-order valence-electron chi connectivity index (χ2n) is 5.58. The first-order valence-corrected chi connectivity index (χ1v) is 6.04. The van der Waals surface area contributed by atoms with Crippen molar-refractivity contribution in [3.05, 3.63) is 0 Å². The van der Waals surface area contributed by atoms with E-state index in [-0.39, 0.29) is 12.1 Å². The highest BCUT2D eigenvalue weighted by Crippen LogP contribution is 2.20. The van der Waals surface area contributed by atoms with Gasteiger partial charge in [0.1, 0.15) is 0 Å². The van der Waals surface area contributed by atoms with Crippen LogP contribution in [-0.4, -0.2) is 34.5 Å². The molecule has 1 saturated carbocycles. The Morgan fingerprint density at radius 1 is 1.40 bits per heavy atom. The second kappa shape index (κ2) is 5.28. The molecule has 0 amide bonds. The summed E-state index contributed by atoms with van der Waals surface area (Å²) in [5, 5.41) is 23.0. The minimum atomic E-state index is -0.656. The summed E-state index contributed by atoms with van der Waals surface area (Å²) in [7, 11) is 0. The van der Waals surface area contributed by atoms with Gasteiger partial charge in [-0.3, -0.25) is 0 Å². The molecule has 15 heavy (non-hydrogen) atoms. The highest BCUT2D eigenvalue weighted by atomic mass is 16.3. The summed E-state index contributed by atoms with van der Waals surface area (Å²) in [6.07, 6.45) is 3.58. The summed E-state index contributed by atoms with van der Waals surface area (Å²) in [6, 6.07) is 0.184. The molecule has 0 saturated heterocycles. The van der Waals surface area contributed by atoms with Gasteiger partial charge in [-0.05, 0) is 38.5 Å². The molecule has 3 atom stereocenters. The van der Waals surface area contributed by atoms with Crippen LogP contribution in [0.15, 0.2) is 0 Å². The van der Waals surface area contributed by atoms with Crippen LogP contribution in [0.2, 0.25) is 0 Å². The lowest BCUT2D eigenvalue weighted by atomic mass is 9.94. The van der Waals surface area contributed by atoms with Crippen LogP contribution in [-0.2, 0) is 0 Å². The third-order valence-electron chi connectivity index (χ3n) is 3.07. The molecule has 0 aromatic rings. The molecule has 3 N–H and O–H groups in total. The Bertz CT molecular complexity index is 192. The van der Waals surface area contributed by atoms with Gasteiger partial charge in [-0.1, -0.05) is 13.8 Å². The normalized spacial score (nSPS) is 30.8. The molecule has 1 aliphatic carbocycles. The Balaban J connectivity index is 2.28. The maximum absolute atomic E-state index is 10.1. The lowest BCUT2D eigenvalue weighted by Gasteiger charge is -2.28. The SMILES string of the molecule is CC(C)CC(C)(O)CN[C@H]1CCC[C@@H]1O. The first kappa shape index (κ1) is 12.9. The van der Waals surface area contributed by atoms with E-state index in [9.17, 15) is 10.2 Å². The Morgan fingerprint density at radius 3 is 2.53 bits per heavy atom. The van der Waals surface area contributed by atoms with E-state index >= 15 is 0 Å². The van der Waals surface area contributed by atoms with Gasteiger partial charge in [-0.15, -0.1) is 0 Å². The van der Waals surface area contributed by atoms with Crippen LogP contribution in [0.25, 0.3) is 0 Å². The van der Waals surface area contributed by atoms with Gasteiger partial charge in [-0.25, -0.2) is 0 Å². The van der Waals surface area contributed by atoms with Crippen LogP contribution in [0.5, 0.6) is 0 Å². The molecule has 0 heterocycles. The monoisotopic (exact) mass is 215 g/mol. The topological polar surface area (TPSA) is 52.5 Å². The average Bonchev–Trinajstić information content (AvgIpc) is 2.45. The maximum Gasteiger partial charge on any atom is 0.0746 e. The van der Waals surface area contributed by atoms with E-state index in [0.717, 1.165) is 25.7 Å². The van der Waals surface area contributed by atoms with Crippen molar-refractivity contribution in [2.45, 2.75) is 64.2 Å². The van der Waals surface area contributed by atoms with Gasteiger partial charge in [0.15, 0.2) is 0 Å². The molecule has 0 aliphatic heterocycles. The van der Waals surface area contributed by atoms with E-state index in [2.05, 4.69) is 19.2 Å². The Kier molecular flexibility index (Phi) is 4.56. The molecule has 1 fully saturated rings. The minimum Gasteiger partial charge on any atom is -0.392 e. The molecule has 0 aromatic heterocycles. The van der Waals surface area contributed by atoms with Gasteiger partial charge in [-0.2, -0.15) is 0 Å². The number of aliphatic hydroxyl groups excluding tert-OH is 1. The van der Waals surface area contributed by atoms with Crippen molar-refractivity contribution in [3.8, 4) is 0 Å². The number of rotatable bonds is 5. The zero-order valence-corrected chi connectivity index (χ0v) is 10.2.